The van der Waals surface area contributed by atoms with Gasteiger partial charge in [0.1, 0.15) is 0 Å². The first-order chi connectivity index (χ1) is 9.76. The summed E-state index contributed by atoms with van der Waals surface area (Å²) in [5.74, 6) is 1.87. The molecule has 1 fully saturated rings. The van der Waals surface area contributed by atoms with Crippen LogP contribution in [0.4, 0.5) is 0 Å². The Morgan fingerprint density at radius 1 is 1.25 bits per heavy atom. The van der Waals surface area contributed by atoms with Gasteiger partial charge >= 0.3 is 0 Å². The predicted molar refractivity (Wildman–Crippen MR) is 84.3 cm³/mol. The Bertz CT molecular complexity index is 446. The van der Waals surface area contributed by atoms with Gasteiger partial charge < -0.3 is 5.32 Å². The third-order valence-electron chi connectivity index (χ3n) is 4.43. The summed E-state index contributed by atoms with van der Waals surface area (Å²) in [6, 6.07) is 7.85. The van der Waals surface area contributed by atoms with Crippen LogP contribution in [0.5, 0.6) is 0 Å². The second kappa shape index (κ2) is 7.68. The molecule has 0 aromatic heterocycles. The maximum absolute atomic E-state index is 12.3. The molecular formula is C17H24ClNO. The average Bonchev–Trinajstić information content (AvgIpc) is 2.52. The van der Waals surface area contributed by atoms with Gasteiger partial charge in [-0.1, -0.05) is 38.0 Å². The summed E-state index contributed by atoms with van der Waals surface area (Å²) in [6.07, 6.45) is 5.82. The highest BCUT2D eigenvalue weighted by molar-refractivity contribution is 6.18. The van der Waals surface area contributed by atoms with E-state index in [2.05, 4.69) is 12.2 Å². The van der Waals surface area contributed by atoms with Gasteiger partial charge in [0, 0.05) is 18.0 Å². The van der Waals surface area contributed by atoms with Crippen LogP contribution in [0.2, 0.25) is 0 Å². The SMILES string of the molecule is CCc1ccccc1C(=O)NCC1CCCCC1CCl. The van der Waals surface area contributed by atoms with Crippen molar-refractivity contribution in [2.24, 2.45) is 11.8 Å². The average molecular weight is 294 g/mol. The zero-order chi connectivity index (χ0) is 14.4. The lowest BCUT2D eigenvalue weighted by molar-refractivity contribution is 0.0936. The normalized spacial score (nSPS) is 22.5. The van der Waals surface area contributed by atoms with Crippen molar-refractivity contribution in [2.45, 2.75) is 39.0 Å². The predicted octanol–water partition coefficient (Wildman–Crippen LogP) is 4.02. The number of nitrogens with one attached hydrogen (secondary N) is 1. The Balaban J connectivity index is 1.94. The van der Waals surface area contributed by atoms with Crippen molar-refractivity contribution in [3.8, 4) is 0 Å². The zero-order valence-corrected chi connectivity index (χ0v) is 13.0. The Morgan fingerprint density at radius 3 is 2.65 bits per heavy atom. The summed E-state index contributed by atoms with van der Waals surface area (Å²) < 4.78 is 0. The molecule has 110 valence electrons. The van der Waals surface area contributed by atoms with Gasteiger partial charge in [-0.15, -0.1) is 11.6 Å². The van der Waals surface area contributed by atoms with Crippen molar-refractivity contribution in [3.05, 3.63) is 35.4 Å². The molecule has 1 N–H and O–H groups in total. The van der Waals surface area contributed by atoms with Crippen molar-refractivity contribution in [3.63, 3.8) is 0 Å². The van der Waals surface area contributed by atoms with Gasteiger partial charge in [0.25, 0.3) is 5.91 Å². The number of alkyl halides is 1. The van der Waals surface area contributed by atoms with Gasteiger partial charge in [-0.05, 0) is 42.7 Å². The highest BCUT2D eigenvalue weighted by Crippen LogP contribution is 2.30. The third kappa shape index (κ3) is 3.76. The summed E-state index contributed by atoms with van der Waals surface area (Å²) in [5, 5.41) is 3.11. The van der Waals surface area contributed by atoms with Crippen LogP contribution in [0.25, 0.3) is 0 Å². The standard InChI is InChI=1S/C17H24ClNO/c1-2-13-7-5-6-10-16(13)17(20)19-12-15-9-4-3-8-14(15)11-18/h5-7,10,14-15H,2-4,8-9,11-12H2,1H3,(H,19,20). The number of carbonyl (C=O) groups is 1. The van der Waals surface area contributed by atoms with Gasteiger partial charge in [0.15, 0.2) is 0 Å². The maximum Gasteiger partial charge on any atom is 0.251 e. The molecule has 1 saturated carbocycles. The smallest absolute Gasteiger partial charge is 0.251 e. The summed E-state index contributed by atoms with van der Waals surface area (Å²) in [4.78, 5) is 12.3. The molecule has 0 aliphatic heterocycles. The number of rotatable bonds is 5. The number of carbonyl (C=O) groups excluding carboxylic acids is 1. The molecule has 0 saturated heterocycles. The van der Waals surface area contributed by atoms with Crippen LogP contribution in [0.1, 0.15) is 48.5 Å². The van der Waals surface area contributed by atoms with Gasteiger partial charge in [-0.2, -0.15) is 0 Å². The van der Waals surface area contributed by atoms with Gasteiger partial charge in [-0.25, -0.2) is 0 Å². The van der Waals surface area contributed by atoms with E-state index in [0.29, 0.717) is 17.7 Å². The van der Waals surface area contributed by atoms with Crippen molar-refractivity contribution in [2.75, 3.05) is 12.4 Å². The van der Waals surface area contributed by atoms with E-state index in [0.717, 1.165) is 24.1 Å². The molecule has 1 aromatic rings. The number of halogens is 1. The Labute approximate surface area is 126 Å². The molecule has 0 heterocycles. The molecule has 0 bridgehead atoms. The van der Waals surface area contributed by atoms with Crippen LogP contribution < -0.4 is 5.32 Å². The lowest BCUT2D eigenvalue weighted by Crippen LogP contribution is -2.35. The molecule has 1 aliphatic rings. The van der Waals surface area contributed by atoms with Crippen LogP contribution in [0, 0.1) is 11.8 Å². The van der Waals surface area contributed by atoms with Gasteiger partial charge in [-0.3, -0.25) is 4.79 Å². The van der Waals surface area contributed by atoms with Crippen molar-refractivity contribution in [1.82, 2.24) is 5.32 Å². The van der Waals surface area contributed by atoms with Crippen molar-refractivity contribution in [1.29, 1.82) is 0 Å². The first-order valence-corrected chi connectivity index (χ1v) is 8.21. The van der Waals surface area contributed by atoms with E-state index >= 15 is 0 Å². The molecule has 2 nitrogen and oxygen atoms in total. The van der Waals surface area contributed by atoms with E-state index in [4.69, 9.17) is 11.6 Å². The Hall–Kier alpha value is -1.02. The molecule has 20 heavy (non-hydrogen) atoms. The van der Waals surface area contributed by atoms with E-state index in [1.54, 1.807) is 0 Å². The highest BCUT2D eigenvalue weighted by Gasteiger charge is 2.24. The molecule has 0 spiro atoms. The molecule has 2 atom stereocenters. The van der Waals surface area contributed by atoms with Crippen LogP contribution in [-0.4, -0.2) is 18.3 Å². The first-order valence-electron chi connectivity index (χ1n) is 7.68. The Kier molecular flexibility index (Phi) is 5.90. The molecule has 2 rings (SSSR count). The third-order valence-corrected chi connectivity index (χ3v) is 4.83. The minimum absolute atomic E-state index is 0.0568. The molecular weight excluding hydrogens is 270 g/mol. The molecule has 1 aliphatic carbocycles. The second-order valence-electron chi connectivity index (χ2n) is 5.68. The van der Waals surface area contributed by atoms with Crippen LogP contribution in [0.15, 0.2) is 24.3 Å². The van der Waals surface area contributed by atoms with E-state index in [1.807, 2.05) is 24.3 Å². The quantitative estimate of drug-likeness (QED) is 0.816. The molecule has 1 aromatic carbocycles. The van der Waals surface area contributed by atoms with Gasteiger partial charge in [0.2, 0.25) is 0 Å². The van der Waals surface area contributed by atoms with E-state index in [-0.39, 0.29) is 5.91 Å². The monoisotopic (exact) mass is 293 g/mol. The fraction of sp³-hybridized carbons (Fsp3) is 0.588. The van der Waals surface area contributed by atoms with E-state index < -0.39 is 0 Å². The highest BCUT2D eigenvalue weighted by atomic mass is 35.5. The maximum atomic E-state index is 12.3. The fourth-order valence-corrected chi connectivity index (χ4v) is 3.53. The zero-order valence-electron chi connectivity index (χ0n) is 12.2. The summed E-state index contributed by atoms with van der Waals surface area (Å²) >= 11 is 6.04. The first kappa shape index (κ1) is 15.4. The Morgan fingerprint density at radius 2 is 1.95 bits per heavy atom. The molecule has 3 heteroatoms. The van der Waals surface area contributed by atoms with Crippen LogP contribution >= 0.6 is 11.6 Å². The van der Waals surface area contributed by atoms with Crippen LogP contribution in [-0.2, 0) is 6.42 Å². The molecule has 0 radical (unpaired) electrons. The van der Waals surface area contributed by atoms with Gasteiger partial charge in [0.05, 0.1) is 0 Å². The topological polar surface area (TPSA) is 29.1 Å². The van der Waals surface area contributed by atoms with E-state index in [1.165, 1.54) is 25.7 Å². The summed E-state index contributed by atoms with van der Waals surface area (Å²) in [6.45, 7) is 2.84. The number of amides is 1. The summed E-state index contributed by atoms with van der Waals surface area (Å²) in [7, 11) is 0. The fourth-order valence-electron chi connectivity index (χ4n) is 3.13. The number of hydrogen-bond acceptors (Lipinski definition) is 1. The van der Waals surface area contributed by atoms with Crippen molar-refractivity contribution >= 4 is 17.5 Å². The second-order valence-corrected chi connectivity index (χ2v) is 5.99. The van der Waals surface area contributed by atoms with Crippen LogP contribution in [0.3, 0.4) is 0 Å². The minimum atomic E-state index is 0.0568. The lowest BCUT2D eigenvalue weighted by atomic mass is 9.80. The number of aryl methyl sites for hydroxylation is 1. The minimum Gasteiger partial charge on any atom is -0.352 e. The molecule has 2 unspecified atom stereocenters. The summed E-state index contributed by atoms with van der Waals surface area (Å²) in [5.41, 5.74) is 1.93. The largest absolute Gasteiger partial charge is 0.352 e. The number of benzene rings is 1. The van der Waals surface area contributed by atoms with Crippen molar-refractivity contribution < 1.29 is 4.79 Å². The lowest BCUT2D eigenvalue weighted by Gasteiger charge is -2.30. The number of hydrogen-bond donors (Lipinski definition) is 1. The van der Waals surface area contributed by atoms with E-state index in [9.17, 15) is 4.79 Å². The molecule has 1 amide bonds.